The van der Waals surface area contributed by atoms with Crippen LogP contribution in [0.25, 0.3) is 0 Å². The first-order valence-corrected chi connectivity index (χ1v) is 5.98. The highest BCUT2D eigenvalue weighted by molar-refractivity contribution is 5.19. The number of hydrogen-bond acceptors (Lipinski definition) is 3. The first-order valence-electron chi connectivity index (χ1n) is 5.98. The third-order valence-electron chi connectivity index (χ3n) is 2.96. The second-order valence-electron chi connectivity index (χ2n) is 4.23. The molecule has 1 aromatic carbocycles. The standard InChI is InChI=1S/C13H18FNO2/c14-11-3-1-2-10(8-11)13(9-15)17-12-4-6-16-7-5-12/h1-3,8,12-13H,4-7,9,15H2. The molecule has 1 aliphatic heterocycles. The summed E-state index contributed by atoms with van der Waals surface area (Å²) in [5.74, 6) is -0.253. The van der Waals surface area contributed by atoms with E-state index in [1.807, 2.05) is 6.07 Å². The summed E-state index contributed by atoms with van der Waals surface area (Å²) in [5, 5.41) is 0. The molecule has 4 heteroatoms. The second-order valence-corrected chi connectivity index (χ2v) is 4.23. The van der Waals surface area contributed by atoms with Crippen LogP contribution in [-0.4, -0.2) is 25.9 Å². The minimum absolute atomic E-state index is 0.167. The molecule has 0 amide bonds. The monoisotopic (exact) mass is 239 g/mol. The van der Waals surface area contributed by atoms with Crippen LogP contribution in [0, 0.1) is 5.82 Å². The van der Waals surface area contributed by atoms with Gasteiger partial charge in [0.2, 0.25) is 0 Å². The van der Waals surface area contributed by atoms with Gasteiger partial charge < -0.3 is 15.2 Å². The van der Waals surface area contributed by atoms with E-state index >= 15 is 0 Å². The molecule has 2 N–H and O–H groups in total. The Labute approximate surface area is 101 Å². The average molecular weight is 239 g/mol. The summed E-state index contributed by atoms with van der Waals surface area (Å²) in [4.78, 5) is 0. The molecule has 1 saturated heterocycles. The van der Waals surface area contributed by atoms with E-state index in [1.165, 1.54) is 12.1 Å². The molecule has 0 aliphatic carbocycles. The maximum atomic E-state index is 13.1. The molecule has 0 bridgehead atoms. The van der Waals surface area contributed by atoms with Crippen LogP contribution in [0.2, 0.25) is 0 Å². The summed E-state index contributed by atoms with van der Waals surface area (Å²) in [7, 11) is 0. The third kappa shape index (κ3) is 3.49. The first-order chi connectivity index (χ1) is 8.29. The Morgan fingerprint density at radius 2 is 2.18 bits per heavy atom. The van der Waals surface area contributed by atoms with Gasteiger partial charge in [-0.25, -0.2) is 4.39 Å². The summed E-state index contributed by atoms with van der Waals surface area (Å²) in [6.45, 7) is 1.82. The van der Waals surface area contributed by atoms with Crippen LogP contribution >= 0.6 is 0 Å². The summed E-state index contributed by atoms with van der Waals surface area (Å²) in [6, 6.07) is 6.43. The van der Waals surface area contributed by atoms with Crippen molar-refractivity contribution in [1.29, 1.82) is 0 Å². The minimum Gasteiger partial charge on any atom is -0.381 e. The Balaban J connectivity index is 2.00. The molecule has 1 unspecified atom stereocenters. The van der Waals surface area contributed by atoms with E-state index in [-0.39, 0.29) is 18.0 Å². The fraction of sp³-hybridized carbons (Fsp3) is 0.538. The molecular weight excluding hydrogens is 221 g/mol. The SMILES string of the molecule is NCC(OC1CCOCC1)c1cccc(F)c1. The highest BCUT2D eigenvalue weighted by atomic mass is 19.1. The Morgan fingerprint density at radius 1 is 1.41 bits per heavy atom. The highest BCUT2D eigenvalue weighted by Gasteiger charge is 2.20. The van der Waals surface area contributed by atoms with Crippen molar-refractivity contribution in [3.63, 3.8) is 0 Å². The van der Waals surface area contributed by atoms with Crippen LogP contribution in [0.3, 0.4) is 0 Å². The maximum absolute atomic E-state index is 13.1. The molecule has 1 heterocycles. The van der Waals surface area contributed by atoms with Crippen molar-refractivity contribution in [2.75, 3.05) is 19.8 Å². The highest BCUT2D eigenvalue weighted by Crippen LogP contribution is 2.22. The number of nitrogens with two attached hydrogens (primary N) is 1. The molecule has 3 nitrogen and oxygen atoms in total. The molecule has 1 aromatic rings. The van der Waals surface area contributed by atoms with E-state index in [0.717, 1.165) is 31.6 Å². The van der Waals surface area contributed by atoms with Crippen LogP contribution in [-0.2, 0) is 9.47 Å². The summed E-state index contributed by atoms with van der Waals surface area (Å²) in [5.41, 5.74) is 6.50. The van der Waals surface area contributed by atoms with Gasteiger partial charge in [-0.1, -0.05) is 12.1 Å². The van der Waals surface area contributed by atoms with Gasteiger partial charge in [-0.2, -0.15) is 0 Å². The molecule has 0 radical (unpaired) electrons. The molecule has 2 rings (SSSR count). The van der Waals surface area contributed by atoms with E-state index in [9.17, 15) is 4.39 Å². The molecule has 17 heavy (non-hydrogen) atoms. The van der Waals surface area contributed by atoms with Crippen LogP contribution in [0.5, 0.6) is 0 Å². The van der Waals surface area contributed by atoms with Crippen molar-refractivity contribution < 1.29 is 13.9 Å². The normalized spacial score (nSPS) is 19.2. The lowest BCUT2D eigenvalue weighted by Crippen LogP contribution is -2.28. The zero-order chi connectivity index (χ0) is 12.1. The van der Waals surface area contributed by atoms with E-state index in [4.69, 9.17) is 15.2 Å². The molecule has 1 aliphatic rings. The van der Waals surface area contributed by atoms with Crippen molar-refractivity contribution in [1.82, 2.24) is 0 Å². The minimum atomic E-state index is -0.253. The molecule has 94 valence electrons. The lowest BCUT2D eigenvalue weighted by atomic mass is 10.1. The zero-order valence-corrected chi connectivity index (χ0v) is 9.77. The molecule has 0 spiro atoms. The van der Waals surface area contributed by atoms with Gasteiger partial charge in [-0.05, 0) is 30.5 Å². The van der Waals surface area contributed by atoms with Crippen molar-refractivity contribution in [2.24, 2.45) is 5.73 Å². The number of halogens is 1. The van der Waals surface area contributed by atoms with E-state index in [1.54, 1.807) is 6.07 Å². The maximum Gasteiger partial charge on any atom is 0.123 e. The van der Waals surface area contributed by atoms with Crippen molar-refractivity contribution in [3.05, 3.63) is 35.6 Å². The topological polar surface area (TPSA) is 44.5 Å². The molecule has 0 aromatic heterocycles. The first kappa shape index (κ1) is 12.5. The lowest BCUT2D eigenvalue weighted by Gasteiger charge is -2.27. The summed E-state index contributed by atoms with van der Waals surface area (Å²) in [6.07, 6.45) is 1.70. The van der Waals surface area contributed by atoms with Gasteiger partial charge in [-0.3, -0.25) is 0 Å². The molecule has 0 saturated carbocycles. The zero-order valence-electron chi connectivity index (χ0n) is 9.77. The summed E-state index contributed by atoms with van der Waals surface area (Å²) < 4.78 is 24.3. The van der Waals surface area contributed by atoms with Crippen LogP contribution < -0.4 is 5.73 Å². The fourth-order valence-electron chi connectivity index (χ4n) is 2.02. The Morgan fingerprint density at radius 3 is 2.82 bits per heavy atom. The fourth-order valence-corrected chi connectivity index (χ4v) is 2.02. The molecule has 1 atom stereocenters. The quantitative estimate of drug-likeness (QED) is 0.874. The van der Waals surface area contributed by atoms with Gasteiger partial charge in [0.25, 0.3) is 0 Å². The molecular formula is C13H18FNO2. The van der Waals surface area contributed by atoms with Gasteiger partial charge in [0.1, 0.15) is 5.82 Å². The predicted octanol–water partition coefficient (Wildman–Crippen LogP) is 2.02. The van der Waals surface area contributed by atoms with Gasteiger partial charge in [0.15, 0.2) is 0 Å². The lowest BCUT2D eigenvalue weighted by molar-refractivity contribution is -0.0666. The average Bonchev–Trinajstić information content (AvgIpc) is 2.37. The van der Waals surface area contributed by atoms with Crippen molar-refractivity contribution in [2.45, 2.75) is 25.0 Å². The Kier molecular flexibility index (Phi) is 4.48. The van der Waals surface area contributed by atoms with Crippen LogP contribution in [0.4, 0.5) is 4.39 Å². The largest absolute Gasteiger partial charge is 0.381 e. The Hall–Kier alpha value is -0.970. The van der Waals surface area contributed by atoms with E-state index < -0.39 is 0 Å². The van der Waals surface area contributed by atoms with E-state index in [2.05, 4.69) is 0 Å². The van der Waals surface area contributed by atoms with E-state index in [0.29, 0.717) is 6.54 Å². The van der Waals surface area contributed by atoms with Crippen LogP contribution in [0.1, 0.15) is 24.5 Å². The molecule has 1 fully saturated rings. The van der Waals surface area contributed by atoms with Gasteiger partial charge in [-0.15, -0.1) is 0 Å². The Bertz CT molecular complexity index is 353. The van der Waals surface area contributed by atoms with Gasteiger partial charge >= 0.3 is 0 Å². The smallest absolute Gasteiger partial charge is 0.123 e. The third-order valence-corrected chi connectivity index (χ3v) is 2.96. The van der Waals surface area contributed by atoms with Crippen LogP contribution in [0.15, 0.2) is 24.3 Å². The number of rotatable bonds is 4. The number of hydrogen-bond donors (Lipinski definition) is 1. The predicted molar refractivity (Wildman–Crippen MR) is 63.1 cm³/mol. The summed E-state index contributed by atoms with van der Waals surface area (Å²) >= 11 is 0. The van der Waals surface area contributed by atoms with Gasteiger partial charge in [0, 0.05) is 19.8 Å². The number of ether oxygens (including phenoxy) is 2. The number of benzene rings is 1. The van der Waals surface area contributed by atoms with Crippen molar-refractivity contribution in [3.8, 4) is 0 Å². The van der Waals surface area contributed by atoms with Gasteiger partial charge in [0.05, 0.1) is 12.2 Å². The van der Waals surface area contributed by atoms with Crippen molar-refractivity contribution >= 4 is 0 Å². The second kappa shape index (κ2) is 6.10.